The number of carboxylic acids is 2. The summed E-state index contributed by atoms with van der Waals surface area (Å²) in [5.74, 6) is -2.22. The van der Waals surface area contributed by atoms with Crippen LogP contribution in [0.5, 0.6) is 0 Å². The molecule has 0 aliphatic carbocycles. The second kappa shape index (κ2) is 13.3. The molecule has 0 fully saturated rings. The number of carboxylic acid groups (broad SMARTS) is 2. The Morgan fingerprint density at radius 2 is 1.00 bits per heavy atom. The Hall–Kier alpha value is -3.81. The number of hydrogen-bond acceptors (Lipinski definition) is 5. The molecule has 3 aromatic carbocycles. The number of benzene rings is 3. The Kier molecular flexibility index (Phi) is 10.7. The summed E-state index contributed by atoms with van der Waals surface area (Å²) in [7, 11) is 0. The van der Waals surface area contributed by atoms with E-state index in [1.54, 1.807) is 20.8 Å². The summed E-state index contributed by atoms with van der Waals surface area (Å²) in [5, 5.41) is 37.5. The Balaban J connectivity index is 0.000000344. The lowest BCUT2D eigenvalue weighted by Gasteiger charge is -2.40. The van der Waals surface area contributed by atoms with Crippen LogP contribution in [-0.4, -0.2) is 50.4 Å². The summed E-state index contributed by atoms with van der Waals surface area (Å²) in [6.07, 6.45) is -0.567. The molecule has 4 unspecified atom stereocenters. The van der Waals surface area contributed by atoms with Crippen molar-refractivity contribution in [2.75, 3.05) is 0 Å². The van der Waals surface area contributed by atoms with Gasteiger partial charge in [0, 0.05) is 0 Å². The van der Waals surface area contributed by atoms with E-state index < -0.39 is 35.0 Å². The molecule has 39 heavy (non-hydrogen) atoms. The van der Waals surface area contributed by atoms with Gasteiger partial charge in [0.2, 0.25) is 0 Å². The van der Waals surface area contributed by atoms with E-state index >= 15 is 0 Å². The molecule has 0 radical (unpaired) electrons. The number of carbonyl (C=O) groups excluding carboxylic acids is 1. The smallest absolute Gasteiger partial charge is 0.335 e. The van der Waals surface area contributed by atoms with E-state index in [0.29, 0.717) is 18.4 Å². The highest BCUT2D eigenvalue weighted by atomic mass is 16.4. The Morgan fingerprint density at radius 3 is 1.28 bits per heavy atom. The average Bonchev–Trinajstić information content (AvgIpc) is 2.88. The van der Waals surface area contributed by atoms with Crippen molar-refractivity contribution in [1.82, 2.24) is 0 Å². The molecule has 0 spiro atoms. The lowest BCUT2D eigenvalue weighted by Crippen LogP contribution is -2.48. The first-order chi connectivity index (χ1) is 18.2. The van der Waals surface area contributed by atoms with Crippen LogP contribution in [0.25, 0.3) is 0 Å². The van der Waals surface area contributed by atoms with E-state index in [1.807, 2.05) is 74.5 Å². The zero-order valence-electron chi connectivity index (χ0n) is 23.1. The van der Waals surface area contributed by atoms with Gasteiger partial charge in [-0.1, -0.05) is 60.7 Å². The van der Waals surface area contributed by atoms with Crippen LogP contribution in [0, 0.1) is 6.92 Å². The number of Topliss-reactive ketones (excluding diaryl/α,β-unsaturated/α-hetero) is 1. The zero-order chi connectivity index (χ0) is 29.4. The van der Waals surface area contributed by atoms with Crippen LogP contribution in [0.4, 0.5) is 0 Å². The summed E-state index contributed by atoms with van der Waals surface area (Å²) >= 11 is 0. The molecular weight excluding hydrogens is 496 g/mol. The van der Waals surface area contributed by atoms with Crippen LogP contribution < -0.4 is 0 Å². The maximum Gasteiger partial charge on any atom is 0.335 e. The Morgan fingerprint density at radius 1 is 0.667 bits per heavy atom. The first-order valence-electron chi connectivity index (χ1n) is 12.8. The highest BCUT2D eigenvalue weighted by molar-refractivity contribution is 5.98. The summed E-state index contributed by atoms with van der Waals surface area (Å²) in [6.45, 7) is 8.88. The third-order valence-corrected chi connectivity index (χ3v) is 6.80. The minimum Gasteiger partial charge on any atom is -0.478 e. The molecule has 208 valence electrons. The predicted octanol–water partition coefficient (Wildman–Crippen LogP) is 5.40. The van der Waals surface area contributed by atoms with E-state index in [-0.39, 0.29) is 16.9 Å². The third-order valence-electron chi connectivity index (χ3n) is 6.80. The van der Waals surface area contributed by atoms with E-state index in [1.165, 1.54) is 12.1 Å². The molecule has 7 nitrogen and oxygen atoms in total. The standard InChI is InChI=1S/C23H30O3.C9H8O4/c1-17(24)15-22(3,19-11-7-5-8-12-19)21(26)23(4,16-18(2)25)20-13-9-6-10-14-20;1-5-2-6(8(10)11)4-7(3-5)9(12)13/h5-14,17-18,24-25H,15-16H2,1-4H3;2-4H,1H3,(H,10,11)(H,12,13). The normalized spacial score (nSPS) is 15.5. The van der Waals surface area contributed by atoms with Gasteiger partial charge < -0.3 is 20.4 Å². The van der Waals surface area contributed by atoms with Crippen molar-refractivity contribution < 1.29 is 34.8 Å². The lowest BCUT2D eigenvalue weighted by atomic mass is 9.62. The number of ketones is 1. The van der Waals surface area contributed by atoms with Crippen LogP contribution in [-0.2, 0) is 15.6 Å². The number of aliphatic hydroxyl groups is 2. The van der Waals surface area contributed by atoms with Gasteiger partial charge in [-0.3, -0.25) is 4.79 Å². The highest BCUT2D eigenvalue weighted by Crippen LogP contribution is 2.41. The number of aromatic carboxylic acids is 2. The number of aryl methyl sites for hydroxylation is 1. The van der Waals surface area contributed by atoms with Gasteiger partial charge in [0.1, 0.15) is 0 Å². The van der Waals surface area contributed by atoms with Gasteiger partial charge in [0.15, 0.2) is 5.78 Å². The Bertz CT molecular complexity index is 1170. The predicted molar refractivity (Wildman–Crippen MR) is 150 cm³/mol. The summed E-state index contributed by atoms with van der Waals surface area (Å²) in [4.78, 5) is 35.0. The second-order valence-corrected chi connectivity index (χ2v) is 10.5. The molecule has 0 aliphatic rings. The molecule has 7 heteroatoms. The number of aliphatic hydroxyl groups excluding tert-OH is 2. The summed E-state index contributed by atoms with van der Waals surface area (Å²) in [5.41, 5.74) is 0.688. The quantitative estimate of drug-likeness (QED) is 0.274. The SMILES string of the molecule is CC(O)CC(C)(C(=O)C(C)(CC(C)O)c1ccccc1)c1ccccc1.Cc1cc(C(=O)O)cc(C(=O)O)c1. The topological polar surface area (TPSA) is 132 Å². The molecule has 0 amide bonds. The largest absolute Gasteiger partial charge is 0.478 e. The van der Waals surface area contributed by atoms with Crippen LogP contribution in [0.2, 0.25) is 0 Å². The molecule has 0 saturated heterocycles. The maximum absolute atomic E-state index is 13.9. The molecule has 0 aliphatic heterocycles. The first kappa shape index (κ1) is 31.4. The van der Waals surface area contributed by atoms with Crippen molar-refractivity contribution in [3.63, 3.8) is 0 Å². The first-order valence-corrected chi connectivity index (χ1v) is 12.8. The number of hydrogen-bond donors (Lipinski definition) is 4. The van der Waals surface area contributed by atoms with Gasteiger partial charge in [-0.05, 0) is 82.3 Å². The summed E-state index contributed by atoms with van der Waals surface area (Å²) in [6, 6.07) is 23.2. The molecule has 3 rings (SSSR count). The van der Waals surface area contributed by atoms with Crippen molar-refractivity contribution >= 4 is 17.7 Å². The highest BCUT2D eigenvalue weighted by Gasteiger charge is 2.47. The van der Waals surface area contributed by atoms with E-state index in [4.69, 9.17) is 10.2 Å². The maximum atomic E-state index is 13.9. The molecule has 0 aromatic heterocycles. The van der Waals surface area contributed by atoms with E-state index in [9.17, 15) is 24.6 Å². The molecule has 4 atom stereocenters. The molecule has 0 heterocycles. The monoisotopic (exact) mass is 534 g/mol. The van der Waals surface area contributed by atoms with Crippen LogP contribution in [0.1, 0.15) is 77.9 Å². The average molecular weight is 535 g/mol. The minimum absolute atomic E-state index is 0.00241. The fourth-order valence-electron chi connectivity index (χ4n) is 5.12. The molecule has 4 N–H and O–H groups in total. The van der Waals surface area contributed by atoms with Gasteiger partial charge in [0.05, 0.1) is 34.2 Å². The van der Waals surface area contributed by atoms with Gasteiger partial charge in [-0.15, -0.1) is 0 Å². The van der Waals surface area contributed by atoms with E-state index in [0.717, 1.165) is 17.2 Å². The van der Waals surface area contributed by atoms with Crippen molar-refractivity contribution in [3.8, 4) is 0 Å². The minimum atomic E-state index is -1.12. The molecular formula is C32H38O7. The lowest BCUT2D eigenvalue weighted by molar-refractivity contribution is -0.131. The van der Waals surface area contributed by atoms with Crippen LogP contribution in [0.15, 0.2) is 78.9 Å². The van der Waals surface area contributed by atoms with Crippen molar-refractivity contribution in [3.05, 3.63) is 107 Å². The fraction of sp³-hybridized carbons (Fsp3) is 0.344. The zero-order valence-corrected chi connectivity index (χ0v) is 23.1. The van der Waals surface area contributed by atoms with E-state index in [2.05, 4.69) is 0 Å². The molecule has 0 bridgehead atoms. The third kappa shape index (κ3) is 8.09. The fourth-order valence-corrected chi connectivity index (χ4v) is 5.12. The second-order valence-electron chi connectivity index (χ2n) is 10.5. The molecule has 3 aromatic rings. The van der Waals surface area contributed by atoms with Gasteiger partial charge >= 0.3 is 11.9 Å². The van der Waals surface area contributed by atoms with Gasteiger partial charge in [-0.2, -0.15) is 0 Å². The Labute approximate surface area is 229 Å². The van der Waals surface area contributed by atoms with Crippen molar-refractivity contribution in [1.29, 1.82) is 0 Å². The molecule has 0 saturated carbocycles. The van der Waals surface area contributed by atoms with Crippen molar-refractivity contribution in [2.24, 2.45) is 0 Å². The van der Waals surface area contributed by atoms with Crippen LogP contribution in [0.3, 0.4) is 0 Å². The van der Waals surface area contributed by atoms with Gasteiger partial charge in [0.25, 0.3) is 0 Å². The van der Waals surface area contributed by atoms with Crippen molar-refractivity contribution in [2.45, 2.75) is 70.5 Å². The number of rotatable bonds is 10. The van der Waals surface area contributed by atoms with Gasteiger partial charge in [-0.25, -0.2) is 9.59 Å². The van der Waals surface area contributed by atoms with Crippen LogP contribution >= 0.6 is 0 Å². The number of carbonyl (C=O) groups is 3. The summed E-state index contributed by atoms with van der Waals surface area (Å²) < 4.78 is 0.